The summed E-state index contributed by atoms with van der Waals surface area (Å²) in [6.45, 7) is 3.65. The molecule has 0 spiro atoms. The minimum absolute atomic E-state index is 0.177. The van der Waals surface area contributed by atoms with Gasteiger partial charge in [0.2, 0.25) is 0 Å². The van der Waals surface area contributed by atoms with Crippen LogP contribution in [-0.2, 0) is 9.59 Å². The Bertz CT molecular complexity index is 974. The van der Waals surface area contributed by atoms with Crippen LogP contribution < -0.4 is 20.5 Å². The van der Waals surface area contributed by atoms with E-state index in [9.17, 15) is 9.59 Å². The van der Waals surface area contributed by atoms with Crippen molar-refractivity contribution in [3.05, 3.63) is 58.7 Å². The number of rotatable bonds is 7. The molecule has 7 nitrogen and oxygen atoms in total. The van der Waals surface area contributed by atoms with Gasteiger partial charge in [0.1, 0.15) is 11.6 Å². The van der Waals surface area contributed by atoms with Crippen LogP contribution in [0.3, 0.4) is 0 Å². The third-order valence-corrected chi connectivity index (χ3v) is 3.91. The minimum Gasteiger partial charge on any atom is -0.493 e. The number of benzene rings is 2. The van der Waals surface area contributed by atoms with E-state index in [-0.39, 0.29) is 18.1 Å². The molecule has 2 rings (SSSR count). The van der Waals surface area contributed by atoms with Gasteiger partial charge in [-0.3, -0.25) is 9.59 Å². The quantitative estimate of drug-likeness (QED) is 0.567. The van der Waals surface area contributed by atoms with Crippen LogP contribution in [0.15, 0.2) is 42.0 Å². The molecule has 0 saturated carbocycles. The van der Waals surface area contributed by atoms with Gasteiger partial charge in [-0.1, -0.05) is 18.2 Å². The van der Waals surface area contributed by atoms with Crippen molar-refractivity contribution in [2.75, 3.05) is 19.0 Å². The molecular weight excluding hydrogens is 358 g/mol. The summed E-state index contributed by atoms with van der Waals surface area (Å²) in [5.74, 6) is -0.409. The zero-order chi connectivity index (χ0) is 20.7. The van der Waals surface area contributed by atoms with Crippen LogP contribution in [0.4, 0.5) is 5.69 Å². The molecule has 2 aromatic carbocycles. The lowest BCUT2D eigenvalue weighted by molar-refractivity contribution is -0.118. The van der Waals surface area contributed by atoms with Crippen LogP contribution >= 0.6 is 0 Å². The highest BCUT2D eigenvalue weighted by Gasteiger charge is 2.11. The number of aryl methyl sites for hydroxylation is 2. The SMILES string of the molecule is COc1cc(C=C(C#N)C(N)=O)ccc1OCC(=O)Nc1cc(C)ccc1C. The molecule has 144 valence electrons. The fraction of sp³-hybridized carbons (Fsp3) is 0.190. The van der Waals surface area contributed by atoms with Crippen LogP contribution in [0.5, 0.6) is 11.5 Å². The monoisotopic (exact) mass is 379 g/mol. The second kappa shape index (κ2) is 9.24. The number of primary amides is 1. The Morgan fingerprint density at radius 2 is 1.93 bits per heavy atom. The van der Waals surface area contributed by atoms with E-state index in [1.165, 1.54) is 13.2 Å². The Kier molecular flexibility index (Phi) is 6.77. The van der Waals surface area contributed by atoms with Crippen LogP contribution in [0.25, 0.3) is 6.08 Å². The minimum atomic E-state index is -0.815. The number of anilines is 1. The summed E-state index contributed by atoms with van der Waals surface area (Å²) in [6, 6.07) is 12.3. The van der Waals surface area contributed by atoms with Crippen molar-refractivity contribution in [1.29, 1.82) is 5.26 Å². The predicted molar refractivity (Wildman–Crippen MR) is 106 cm³/mol. The fourth-order valence-electron chi connectivity index (χ4n) is 2.42. The number of nitriles is 1. The lowest BCUT2D eigenvalue weighted by Crippen LogP contribution is -2.20. The number of ether oxygens (including phenoxy) is 2. The van der Waals surface area contributed by atoms with E-state index >= 15 is 0 Å². The maximum absolute atomic E-state index is 12.2. The molecule has 0 aliphatic rings. The van der Waals surface area contributed by atoms with Crippen molar-refractivity contribution in [3.63, 3.8) is 0 Å². The highest BCUT2D eigenvalue weighted by molar-refractivity contribution is 6.00. The number of nitrogens with zero attached hydrogens (tertiary/aromatic N) is 1. The van der Waals surface area contributed by atoms with Gasteiger partial charge in [-0.2, -0.15) is 5.26 Å². The number of nitrogens with one attached hydrogen (secondary N) is 1. The van der Waals surface area contributed by atoms with E-state index in [0.29, 0.717) is 17.1 Å². The Hall–Kier alpha value is -3.79. The number of carbonyl (C=O) groups is 2. The van der Waals surface area contributed by atoms with E-state index in [4.69, 9.17) is 20.5 Å². The summed E-state index contributed by atoms with van der Waals surface area (Å²) in [6.07, 6.45) is 1.35. The van der Waals surface area contributed by atoms with E-state index in [1.54, 1.807) is 24.3 Å². The van der Waals surface area contributed by atoms with Gasteiger partial charge in [-0.25, -0.2) is 0 Å². The number of carbonyl (C=O) groups excluding carboxylic acids is 2. The molecular formula is C21H21N3O4. The molecule has 2 aromatic rings. The van der Waals surface area contributed by atoms with Gasteiger partial charge in [0, 0.05) is 5.69 Å². The molecule has 2 amide bonds. The summed E-state index contributed by atoms with van der Waals surface area (Å²) in [7, 11) is 1.45. The number of nitrogens with two attached hydrogens (primary N) is 1. The lowest BCUT2D eigenvalue weighted by atomic mass is 10.1. The fourth-order valence-corrected chi connectivity index (χ4v) is 2.42. The molecule has 0 aliphatic carbocycles. The molecule has 28 heavy (non-hydrogen) atoms. The third-order valence-electron chi connectivity index (χ3n) is 3.91. The summed E-state index contributed by atoms with van der Waals surface area (Å²) in [5, 5.41) is 11.7. The van der Waals surface area contributed by atoms with Gasteiger partial charge in [0.15, 0.2) is 18.1 Å². The first-order chi connectivity index (χ1) is 13.3. The van der Waals surface area contributed by atoms with Crippen LogP contribution in [0.2, 0.25) is 0 Å². The standard InChI is InChI=1S/C21H21N3O4/c1-13-4-5-14(2)17(8-13)24-20(25)12-28-18-7-6-15(10-19(18)27-3)9-16(11-22)21(23)26/h4-10H,12H2,1-3H3,(H2,23,26)(H,24,25). The largest absolute Gasteiger partial charge is 0.493 e. The first-order valence-electron chi connectivity index (χ1n) is 8.43. The smallest absolute Gasteiger partial charge is 0.262 e. The zero-order valence-corrected chi connectivity index (χ0v) is 15.9. The van der Waals surface area contributed by atoms with E-state index in [2.05, 4.69) is 5.32 Å². The molecule has 3 N–H and O–H groups in total. The normalized spacial score (nSPS) is 10.7. The van der Waals surface area contributed by atoms with Crippen molar-refractivity contribution in [2.24, 2.45) is 5.73 Å². The summed E-state index contributed by atoms with van der Waals surface area (Å²) >= 11 is 0. The molecule has 0 fully saturated rings. The zero-order valence-electron chi connectivity index (χ0n) is 15.9. The summed E-state index contributed by atoms with van der Waals surface area (Å²) < 4.78 is 10.8. The van der Waals surface area contributed by atoms with Crippen molar-refractivity contribution >= 4 is 23.6 Å². The van der Waals surface area contributed by atoms with E-state index < -0.39 is 5.91 Å². The molecule has 0 radical (unpaired) electrons. The highest BCUT2D eigenvalue weighted by Crippen LogP contribution is 2.29. The first-order valence-corrected chi connectivity index (χ1v) is 8.43. The van der Waals surface area contributed by atoms with Gasteiger partial charge < -0.3 is 20.5 Å². The number of hydrogen-bond donors (Lipinski definition) is 2. The average Bonchev–Trinajstić information content (AvgIpc) is 2.67. The van der Waals surface area contributed by atoms with Crippen molar-refractivity contribution in [2.45, 2.75) is 13.8 Å². The van der Waals surface area contributed by atoms with Gasteiger partial charge in [0.25, 0.3) is 11.8 Å². The maximum Gasteiger partial charge on any atom is 0.262 e. The first kappa shape index (κ1) is 20.5. The number of amides is 2. The molecule has 0 unspecified atom stereocenters. The second-order valence-corrected chi connectivity index (χ2v) is 6.10. The van der Waals surface area contributed by atoms with Gasteiger partial charge >= 0.3 is 0 Å². The Balaban J connectivity index is 2.09. The Morgan fingerprint density at radius 3 is 2.57 bits per heavy atom. The second-order valence-electron chi connectivity index (χ2n) is 6.10. The number of methoxy groups -OCH3 is 1. The lowest BCUT2D eigenvalue weighted by Gasteiger charge is -2.13. The number of hydrogen-bond acceptors (Lipinski definition) is 5. The van der Waals surface area contributed by atoms with Crippen molar-refractivity contribution in [3.8, 4) is 17.6 Å². The highest BCUT2D eigenvalue weighted by atomic mass is 16.5. The van der Waals surface area contributed by atoms with Gasteiger partial charge in [-0.05, 0) is 54.8 Å². The molecule has 0 heterocycles. The third kappa shape index (κ3) is 5.35. The maximum atomic E-state index is 12.2. The molecule has 0 atom stereocenters. The summed E-state index contributed by atoms with van der Waals surface area (Å²) in [5.41, 5.74) is 8.22. The molecule has 7 heteroatoms. The predicted octanol–water partition coefficient (Wildman–Crippen LogP) is 2.72. The van der Waals surface area contributed by atoms with Crippen LogP contribution in [-0.4, -0.2) is 25.5 Å². The molecule has 0 aromatic heterocycles. The molecule has 0 saturated heterocycles. The van der Waals surface area contributed by atoms with E-state index in [0.717, 1.165) is 16.8 Å². The van der Waals surface area contributed by atoms with Gasteiger partial charge in [0.05, 0.1) is 7.11 Å². The summed E-state index contributed by atoms with van der Waals surface area (Å²) in [4.78, 5) is 23.4. The average molecular weight is 379 g/mol. The molecule has 0 aliphatic heterocycles. The topological polar surface area (TPSA) is 114 Å². The Labute approximate surface area is 163 Å². The van der Waals surface area contributed by atoms with Crippen LogP contribution in [0, 0.1) is 25.2 Å². The van der Waals surface area contributed by atoms with Crippen molar-refractivity contribution in [1.82, 2.24) is 0 Å². The van der Waals surface area contributed by atoms with E-state index in [1.807, 2.05) is 32.0 Å². The van der Waals surface area contributed by atoms with Crippen molar-refractivity contribution < 1.29 is 19.1 Å². The van der Waals surface area contributed by atoms with Gasteiger partial charge in [-0.15, -0.1) is 0 Å². The molecule has 0 bridgehead atoms. The van der Waals surface area contributed by atoms with Crippen LogP contribution in [0.1, 0.15) is 16.7 Å². The Morgan fingerprint density at radius 1 is 1.18 bits per heavy atom.